The second-order valence-electron chi connectivity index (χ2n) is 4.68. The Labute approximate surface area is 134 Å². The van der Waals surface area contributed by atoms with Gasteiger partial charge in [0.15, 0.2) is 0 Å². The molecule has 0 amide bonds. The fraction of sp³-hybridized carbons (Fsp3) is 0.294. The molecule has 2 aromatic carbocycles. The topological polar surface area (TPSA) is 9.23 Å². The molecular weight excluding hydrogens is 336 g/mol. The van der Waals surface area contributed by atoms with Crippen LogP contribution in [0.2, 0.25) is 5.02 Å². The van der Waals surface area contributed by atoms with Crippen LogP contribution in [0.5, 0.6) is 5.75 Å². The Morgan fingerprint density at radius 1 is 1.00 bits per heavy atom. The van der Waals surface area contributed by atoms with Crippen LogP contribution in [0.25, 0.3) is 0 Å². The average Bonchev–Trinajstić information content (AvgIpc) is 2.49. The van der Waals surface area contributed by atoms with E-state index in [4.69, 9.17) is 16.3 Å². The standard InChI is InChI=1S/C17H18BrClO/c18-13-15-12-16(19)9-10-17(15)20-11-5-4-8-14-6-2-1-3-7-14/h1-3,6-7,9-10,12H,4-5,8,11,13H2. The molecule has 0 atom stereocenters. The smallest absolute Gasteiger partial charge is 0.123 e. The maximum atomic E-state index is 5.97. The first kappa shape index (κ1) is 15.4. The first-order valence-corrected chi connectivity index (χ1v) is 8.30. The first-order valence-electron chi connectivity index (χ1n) is 6.80. The summed E-state index contributed by atoms with van der Waals surface area (Å²) in [6, 6.07) is 16.3. The summed E-state index contributed by atoms with van der Waals surface area (Å²) in [7, 11) is 0. The maximum absolute atomic E-state index is 5.97. The quantitative estimate of drug-likeness (QED) is 0.462. The van der Waals surface area contributed by atoms with E-state index in [9.17, 15) is 0 Å². The van der Waals surface area contributed by atoms with Gasteiger partial charge in [-0.1, -0.05) is 57.9 Å². The fourth-order valence-electron chi connectivity index (χ4n) is 2.05. The molecule has 1 nitrogen and oxygen atoms in total. The van der Waals surface area contributed by atoms with E-state index < -0.39 is 0 Å². The Kier molecular flexibility index (Phi) is 6.41. The van der Waals surface area contributed by atoms with Crippen molar-refractivity contribution in [1.29, 1.82) is 0 Å². The van der Waals surface area contributed by atoms with Gasteiger partial charge in [0.25, 0.3) is 0 Å². The summed E-state index contributed by atoms with van der Waals surface area (Å²) in [6.45, 7) is 0.745. The molecule has 0 bridgehead atoms. The monoisotopic (exact) mass is 352 g/mol. The molecule has 0 aromatic heterocycles. The van der Waals surface area contributed by atoms with Crippen LogP contribution in [0.3, 0.4) is 0 Å². The molecule has 2 rings (SSSR count). The summed E-state index contributed by atoms with van der Waals surface area (Å²) in [5, 5.41) is 1.50. The third-order valence-electron chi connectivity index (χ3n) is 3.13. The van der Waals surface area contributed by atoms with Crippen molar-refractivity contribution in [2.24, 2.45) is 0 Å². The summed E-state index contributed by atoms with van der Waals surface area (Å²) in [5.41, 5.74) is 2.49. The molecule has 3 heteroatoms. The van der Waals surface area contributed by atoms with Gasteiger partial charge in [-0.05, 0) is 43.0 Å². The minimum atomic E-state index is 0.745. The van der Waals surface area contributed by atoms with E-state index in [1.54, 1.807) is 0 Å². The predicted octanol–water partition coefficient (Wildman–Crippen LogP) is 5.64. The van der Waals surface area contributed by atoms with Gasteiger partial charge in [0.1, 0.15) is 5.75 Å². The van der Waals surface area contributed by atoms with Gasteiger partial charge in [-0.3, -0.25) is 0 Å². The zero-order chi connectivity index (χ0) is 14.2. The van der Waals surface area contributed by atoms with Crippen molar-refractivity contribution in [3.05, 3.63) is 64.7 Å². The summed E-state index contributed by atoms with van der Waals surface area (Å²) in [5.74, 6) is 0.922. The van der Waals surface area contributed by atoms with Crippen LogP contribution in [0, 0.1) is 0 Å². The summed E-state index contributed by atoms with van der Waals surface area (Å²) >= 11 is 9.43. The third kappa shape index (κ3) is 4.84. The van der Waals surface area contributed by atoms with Crippen molar-refractivity contribution in [2.45, 2.75) is 24.6 Å². The number of hydrogen-bond acceptors (Lipinski definition) is 1. The van der Waals surface area contributed by atoms with Gasteiger partial charge in [0.05, 0.1) is 6.61 Å². The zero-order valence-corrected chi connectivity index (χ0v) is 13.7. The maximum Gasteiger partial charge on any atom is 0.123 e. The number of ether oxygens (including phenoxy) is 1. The molecule has 0 aliphatic rings. The Morgan fingerprint density at radius 3 is 2.55 bits per heavy atom. The molecular formula is C17H18BrClO. The lowest BCUT2D eigenvalue weighted by Crippen LogP contribution is -2.00. The largest absolute Gasteiger partial charge is 0.493 e. The Balaban J connectivity index is 1.73. The molecule has 0 radical (unpaired) electrons. The van der Waals surface area contributed by atoms with Gasteiger partial charge in [-0.25, -0.2) is 0 Å². The number of rotatable bonds is 7. The molecule has 0 heterocycles. The fourth-order valence-corrected chi connectivity index (χ4v) is 2.68. The van der Waals surface area contributed by atoms with Crippen molar-refractivity contribution >= 4 is 27.5 Å². The highest BCUT2D eigenvalue weighted by atomic mass is 79.9. The van der Waals surface area contributed by atoms with Gasteiger partial charge in [-0.2, -0.15) is 0 Å². The molecule has 0 aliphatic heterocycles. The molecule has 106 valence electrons. The number of benzene rings is 2. The van der Waals surface area contributed by atoms with E-state index in [2.05, 4.69) is 46.3 Å². The van der Waals surface area contributed by atoms with Crippen LogP contribution in [0.1, 0.15) is 24.0 Å². The predicted molar refractivity (Wildman–Crippen MR) is 89.0 cm³/mol. The zero-order valence-electron chi connectivity index (χ0n) is 11.3. The first-order chi connectivity index (χ1) is 9.79. The van der Waals surface area contributed by atoms with E-state index in [1.807, 2.05) is 18.2 Å². The Morgan fingerprint density at radius 2 is 1.80 bits per heavy atom. The van der Waals surface area contributed by atoms with Crippen LogP contribution in [-0.2, 0) is 11.8 Å². The number of unbranched alkanes of at least 4 members (excludes halogenated alkanes) is 1. The number of hydrogen-bond donors (Lipinski definition) is 0. The highest BCUT2D eigenvalue weighted by Crippen LogP contribution is 2.25. The lowest BCUT2D eigenvalue weighted by atomic mass is 10.1. The number of aryl methyl sites for hydroxylation is 1. The van der Waals surface area contributed by atoms with Crippen molar-refractivity contribution in [3.8, 4) is 5.75 Å². The molecule has 2 aromatic rings. The van der Waals surface area contributed by atoms with Gasteiger partial charge < -0.3 is 4.74 Å². The van der Waals surface area contributed by atoms with Crippen LogP contribution in [0.15, 0.2) is 48.5 Å². The molecule has 0 fully saturated rings. The Bertz CT molecular complexity index is 528. The van der Waals surface area contributed by atoms with Gasteiger partial charge in [0, 0.05) is 15.9 Å². The molecule has 0 aliphatic carbocycles. The molecule has 0 saturated carbocycles. The van der Waals surface area contributed by atoms with Crippen LogP contribution < -0.4 is 4.74 Å². The Hall–Kier alpha value is -0.990. The van der Waals surface area contributed by atoms with Crippen LogP contribution >= 0.6 is 27.5 Å². The molecule has 0 spiro atoms. The normalized spacial score (nSPS) is 10.5. The second kappa shape index (κ2) is 8.33. The minimum Gasteiger partial charge on any atom is -0.493 e. The lowest BCUT2D eigenvalue weighted by molar-refractivity contribution is 0.305. The van der Waals surface area contributed by atoms with Crippen molar-refractivity contribution < 1.29 is 4.74 Å². The van der Waals surface area contributed by atoms with Gasteiger partial charge in [-0.15, -0.1) is 0 Å². The van der Waals surface area contributed by atoms with E-state index >= 15 is 0 Å². The van der Waals surface area contributed by atoms with Crippen molar-refractivity contribution in [1.82, 2.24) is 0 Å². The molecule has 0 unspecified atom stereocenters. The lowest BCUT2D eigenvalue weighted by Gasteiger charge is -2.10. The summed E-state index contributed by atoms with van der Waals surface area (Å²) < 4.78 is 5.83. The summed E-state index contributed by atoms with van der Waals surface area (Å²) in [6.07, 6.45) is 3.30. The molecule has 0 N–H and O–H groups in total. The van der Waals surface area contributed by atoms with Crippen LogP contribution in [-0.4, -0.2) is 6.61 Å². The van der Waals surface area contributed by atoms with E-state index in [-0.39, 0.29) is 0 Å². The second-order valence-corrected chi connectivity index (χ2v) is 5.67. The van der Waals surface area contributed by atoms with Crippen LogP contribution in [0.4, 0.5) is 0 Å². The highest BCUT2D eigenvalue weighted by molar-refractivity contribution is 9.08. The van der Waals surface area contributed by atoms with Gasteiger partial charge in [0.2, 0.25) is 0 Å². The minimum absolute atomic E-state index is 0.745. The van der Waals surface area contributed by atoms with Crippen molar-refractivity contribution in [2.75, 3.05) is 6.61 Å². The number of alkyl halides is 1. The SMILES string of the molecule is Clc1ccc(OCCCCc2ccccc2)c(CBr)c1. The van der Waals surface area contributed by atoms with E-state index in [0.29, 0.717) is 0 Å². The van der Waals surface area contributed by atoms with Gasteiger partial charge >= 0.3 is 0 Å². The van der Waals surface area contributed by atoms with Crippen molar-refractivity contribution in [3.63, 3.8) is 0 Å². The third-order valence-corrected chi connectivity index (χ3v) is 3.97. The molecule has 0 saturated heterocycles. The highest BCUT2D eigenvalue weighted by Gasteiger charge is 2.03. The van der Waals surface area contributed by atoms with E-state index in [0.717, 1.165) is 47.5 Å². The van der Waals surface area contributed by atoms with E-state index in [1.165, 1.54) is 5.56 Å². The summed E-state index contributed by atoms with van der Waals surface area (Å²) in [4.78, 5) is 0. The molecule has 20 heavy (non-hydrogen) atoms. The average molecular weight is 354 g/mol. The number of halogens is 2.